The van der Waals surface area contributed by atoms with E-state index >= 15 is 0 Å². The number of thiophene rings is 1. The molecule has 1 atom stereocenters. The zero-order valence-corrected chi connectivity index (χ0v) is 11.6. The van der Waals surface area contributed by atoms with Crippen molar-refractivity contribution >= 4 is 23.1 Å². The number of ether oxygens (including phenoxy) is 1. The molecule has 17 heavy (non-hydrogen) atoms. The molecule has 94 valence electrons. The minimum atomic E-state index is 0.236. The maximum atomic E-state index is 6.43. The average Bonchev–Trinajstić information content (AvgIpc) is 2.82. The van der Waals surface area contributed by atoms with Gasteiger partial charge in [0.15, 0.2) is 0 Å². The number of thioether (sulfide) groups is 1. The molecule has 1 fully saturated rings. The Hall–Kier alpha value is -0.0300. The second-order valence-electron chi connectivity index (χ2n) is 4.88. The predicted molar refractivity (Wildman–Crippen MR) is 74.7 cm³/mol. The van der Waals surface area contributed by atoms with Crippen LogP contribution in [0.5, 0.6) is 0 Å². The molecule has 0 aliphatic carbocycles. The van der Waals surface area contributed by atoms with Crippen LogP contribution in [-0.2, 0) is 16.9 Å². The van der Waals surface area contributed by atoms with Gasteiger partial charge < -0.3 is 10.5 Å². The Labute approximate surface area is 111 Å². The van der Waals surface area contributed by atoms with E-state index in [-0.39, 0.29) is 6.04 Å². The van der Waals surface area contributed by atoms with Crippen molar-refractivity contribution in [3.05, 3.63) is 21.4 Å². The van der Waals surface area contributed by atoms with Crippen molar-refractivity contribution in [3.8, 4) is 0 Å². The van der Waals surface area contributed by atoms with Gasteiger partial charge in [-0.1, -0.05) is 0 Å². The van der Waals surface area contributed by atoms with E-state index in [4.69, 9.17) is 10.5 Å². The first kappa shape index (κ1) is 12.0. The summed E-state index contributed by atoms with van der Waals surface area (Å²) in [6, 6.07) is 2.60. The van der Waals surface area contributed by atoms with Gasteiger partial charge in [0.05, 0.1) is 0 Å². The highest BCUT2D eigenvalue weighted by molar-refractivity contribution is 7.98. The normalized spacial score (nSPS) is 23.4. The lowest BCUT2D eigenvalue weighted by molar-refractivity contribution is 0.0587. The maximum Gasteiger partial charge on any atom is 0.0469 e. The van der Waals surface area contributed by atoms with Crippen molar-refractivity contribution in [2.45, 2.75) is 31.1 Å². The highest BCUT2D eigenvalue weighted by Gasteiger charge is 2.25. The summed E-state index contributed by atoms with van der Waals surface area (Å²) in [4.78, 5) is 2.99. The van der Waals surface area contributed by atoms with E-state index in [0.717, 1.165) is 26.1 Å². The molecule has 0 saturated carbocycles. The topological polar surface area (TPSA) is 35.2 Å². The number of hydrogen-bond acceptors (Lipinski definition) is 4. The van der Waals surface area contributed by atoms with Gasteiger partial charge in [-0.15, -0.1) is 11.3 Å². The van der Waals surface area contributed by atoms with Crippen LogP contribution in [-0.4, -0.2) is 19.0 Å². The molecular formula is C13H19NOS2. The van der Waals surface area contributed by atoms with Crippen molar-refractivity contribution < 1.29 is 4.74 Å². The van der Waals surface area contributed by atoms with Crippen LogP contribution in [0, 0.1) is 5.92 Å². The fraction of sp³-hybridized carbons (Fsp3) is 0.692. The number of aryl methyl sites for hydroxylation is 1. The van der Waals surface area contributed by atoms with E-state index in [0.29, 0.717) is 5.92 Å². The minimum absolute atomic E-state index is 0.236. The summed E-state index contributed by atoms with van der Waals surface area (Å²) in [6.07, 6.45) is 3.49. The molecule has 3 heterocycles. The highest BCUT2D eigenvalue weighted by atomic mass is 32.2. The number of rotatable bonds is 2. The smallest absolute Gasteiger partial charge is 0.0469 e. The molecule has 3 rings (SSSR count). The lowest BCUT2D eigenvalue weighted by Gasteiger charge is -2.26. The van der Waals surface area contributed by atoms with Crippen molar-refractivity contribution in [3.63, 3.8) is 0 Å². The van der Waals surface area contributed by atoms with Gasteiger partial charge in [0.25, 0.3) is 0 Å². The van der Waals surface area contributed by atoms with Crippen LogP contribution in [0.25, 0.3) is 0 Å². The first-order valence-electron chi connectivity index (χ1n) is 6.37. The summed E-state index contributed by atoms with van der Waals surface area (Å²) in [5, 5.41) is 0. The van der Waals surface area contributed by atoms with Crippen LogP contribution >= 0.6 is 23.1 Å². The summed E-state index contributed by atoms with van der Waals surface area (Å²) in [7, 11) is 0. The van der Waals surface area contributed by atoms with Gasteiger partial charge in [0, 0.05) is 34.8 Å². The zero-order valence-electron chi connectivity index (χ0n) is 9.98. The SMILES string of the molecule is NC(c1cc2c(s1)CCSC2)C1CCOCC1. The third kappa shape index (κ3) is 2.55. The molecule has 1 aromatic rings. The van der Waals surface area contributed by atoms with Crippen LogP contribution in [0.2, 0.25) is 0 Å². The lowest BCUT2D eigenvalue weighted by Crippen LogP contribution is -2.26. The van der Waals surface area contributed by atoms with E-state index in [1.54, 1.807) is 10.4 Å². The first-order chi connectivity index (χ1) is 8.34. The summed E-state index contributed by atoms with van der Waals surface area (Å²) in [6.45, 7) is 1.78. The van der Waals surface area contributed by atoms with Gasteiger partial charge >= 0.3 is 0 Å². The number of hydrogen-bond donors (Lipinski definition) is 1. The Kier molecular flexibility index (Phi) is 3.75. The average molecular weight is 269 g/mol. The summed E-state index contributed by atoms with van der Waals surface area (Å²) < 4.78 is 5.41. The number of nitrogens with two attached hydrogens (primary N) is 1. The lowest BCUT2D eigenvalue weighted by atomic mass is 9.91. The molecule has 0 aromatic carbocycles. The Morgan fingerprint density at radius 3 is 2.94 bits per heavy atom. The summed E-state index contributed by atoms with van der Waals surface area (Å²) in [5.41, 5.74) is 7.97. The van der Waals surface area contributed by atoms with Crippen LogP contribution < -0.4 is 5.73 Å². The van der Waals surface area contributed by atoms with E-state index in [1.807, 2.05) is 23.1 Å². The van der Waals surface area contributed by atoms with Gasteiger partial charge in [-0.3, -0.25) is 0 Å². The Balaban J connectivity index is 1.76. The van der Waals surface area contributed by atoms with Gasteiger partial charge in [-0.2, -0.15) is 11.8 Å². The molecule has 0 amide bonds. The molecule has 1 aromatic heterocycles. The van der Waals surface area contributed by atoms with E-state index in [2.05, 4.69) is 6.07 Å². The minimum Gasteiger partial charge on any atom is -0.381 e. The number of fused-ring (bicyclic) bond motifs is 1. The molecule has 2 aliphatic rings. The van der Waals surface area contributed by atoms with Gasteiger partial charge in [0.1, 0.15) is 0 Å². The van der Waals surface area contributed by atoms with E-state index in [1.165, 1.54) is 22.8 Å². The first-order valence-corrected chi connectivity index (χ1v) is 8.34. The third-order valence-corrected chi connectivity index (χ3v) is 6.10. The Bertz CT molecular complexity index is 361. The van der Waals surface area contributed by atoms with E-state index < -0.39 is 0 Å². The van der Waals surface area contributed by atoms with Gasteiger partial charge in [-0.05, 0) is 42.6 Å². The highest BCUT2D eigenvalue weighted by Crippen LogP contribution is 2.37. The largest absolute Gasteiger partial charge is 0.381 e. The molecule has 0 radical (unpaired) electrons. The van der Waals surface area contributed by atoms with Crippen LogP contribution in [0.4, 0.5) is 0 Å². The molecular weight excluding hydrogens is 250 g/mol. The molecule has 4 heteroatoms. The van der Waals surface area contributed by atoms with Crippen molar-refractivity contribution in [1.82, 2.24) is 0 Å². The standard InChI is InChI=1S/C13H19NOS2/c14-13(9-1-4-15-5-2-9)12-7-10-8-16-6-3-11(10)17-12/h7,9,13H,1-6,8,14H2. The quantitative estimate of drug-likeness (QED) is 0.896. The monoisotopic (exact) mass is 269 g/mol. The molecule has 2 nitrogen and oxygen atoms in total. The van der Waals surface area contributed by atoms with E-state index in [9.17, 15) is 0 Å². The Morgan fingerprint density at radius 2 is 2.18 bits per heavy atom. The summed E-state index contributed by atoms with van der Waals surface area (Å²) in [5.74, 6) is 3.09. The molecule has 2 aliphatic heterocycles. The fourth-order valence-corrected chi connectivity index (χ4v) is 5.11. The molecule has 0 bridgehead atoms. The maximum absolute atomic E-state index is 6.43. The predicted octanol–water partition coefficient (Wildman–Crippen LogP) is 2.96. The second-order valence-corrected chi connectivity index (χ2v) is 7.15. The molecule has 1 unspecified atom stereocenters. The molecule has 1 saturated heterocycles. The molecule has 0 spiro atoms. The summed E-state index contributed by atoms with van der Waals surface area (Å²) >= 11 is 4.00. The van der Waals surface area contributed by atoms with Crippen molar-refractivity contribution in [2.24, 2.45) is 11.7 Å². The van der Waals surface area contributed by atoms with Gasteiger partial charge in [-0.25, -0.2) is 0 Å². The zero-order chi connectivity index (χ0) is 11.7. The van der Waals surface area contributed by atoms with Crippen molar-refractivity contribution in [1.29, 1.82) is 0 Å². The fourth-order valence-electron chi connectivity index (χ4n) is 2.64. The van der Waals surface area contributed by atoms with Crippen LogP contribution in [0.15, 0.2) is 6.07 Å². The Morgan fingerprint density at radius 1 is 1.35 bits per heavy atom. The van der Waals surface area contributed by atoms with Crippen molar-refractivity contribution in [2.75, 3.05) is 19.0 Å². The van der Waals surface area contributed by atoms with Crippen LogP contribution in [0.1, 0.15) is 34.2 Å². The second kappa shape index (κ2) is 5.31. The van der Waals surface area contributed by atoms with Gasteiger partial charge in [0.2, 0.25) is 0 Å². The van der Waals surface area contributed by atoms with Crippen LogP contribution in [0.3, 0.4) is 0 Å². The third-order valence-electron chi connectivity index (χ3n) is 3.75. The molecule has 2 N–H and O–H groups in total.